The number of aromatic nitrogens is 1. The molecule has 2 heterocycles. The van der Waals surface area contributed by atoms with Crippen molar-refractivity contribution in [3.05, 3.63) is 42.2 Å². The molecule has 0 radical (unpaired) electrons. The van der Waals surface area contributed by atoms with Crippen LogP contribution in [-0.4, -0.2) is 38.3 Å². The van der Waals surface area contributed by atoms with Gasteiger partial charge in [-0.2, -0.15) is 0 Å². The molecule has 2 N–H and O–H groups in total. The van der Waals surface area contributed by atoms with Gasteiger partial charge in [0.05, 0.1) is 28.5 Å². The smallest absolute Gasteiger partial charge is 0.489 e. The summed E-state index contributed by atoms with van der Waals surface area (Å²) in [6, 6.07) is 5.03. The Labute approximate surface area is 170 Å². The van der Waals surface area contributed by atoms with Crippen molar-refractivity contribution in [1.29, 1.82) is 0 Å². The first-order valence-corrected chi connectivity index (χ1v) is 10.3. The van der Waals surface area contributed by atoms with Gasteiger partial charge in [-0.15, -0.1) is 13.2 Å². The highest BCUT2D eigenvalue weighted by Gasteiger charge is 2.31. The third-order valence-electron chi connectivity index (χ3n) is 4.12. The summed E-state index contributed by atoms with van der Waals surface area (Å²) in [5, 5.41) is 2.81. The van der Waals surface area contributed by atoms with Crippen LogP contribution >= 0.6 is 0 Å². The van der Waals surface area contributed by atoms with Gasteiger partial charge in [0.25, 0.3) is 10.0 Å². The van der Waals surface area contributed by atoms with E-state index in [0.717, 1.165) is 24.3 Å². The number of carbonyl (C=O) groups excluding carboxylic acids is 1. The monoisotopic (exact) mass is 445 g/mol. The number of anilines is 1. The number of hydrogen-bond acceptors (Lipinski definition) is 6. The van der Waals surface area contributed by atoms with Crippen molar-refractivity contribution in [1.82, 2.24) is 10.3 Å². The number of pyridine rings is 1. The molecule has 0 fully saturated rings. The first-order chi connectivity index (χ1) is 14.1. The Morgan fingerprint density at radius 1 is 1.30 bits per heavy atom. The van der Waals surface area contributed by atoms with E-state index in [4.69, 9.17) is 4.74 Å². The van der Waals surface area contributed by atoms with Crippen LogP contribution in [0.5, 0.6) is 11.5 Å². The topological polar surface area (TPSA) is 107 Å². The van der Waals surface area contributed by atoms with Crippen LogP contribution in [0.2, 0.25) is 0 Å². The van der Waals surface area contributed by atoms with E-state index in [0.29, 0.717) is 24.3 Å². The molecular weight excluding hydrogens is 427 g/mol. The summed E-state index contributed by atoms with van der Waals surface area (Å²) < 4.78 is 73.2. The lowest BCUT2D eigenvalue weighted by atomic mass is 10.1. The van der Waals surface area contributed by atoms with Crippen LogP contribution < -0.4 is 19.5 Å². The predicted molar refractivity (Wildman–Crippen MR) is 99.6 cm³/mol. The molecule has 3 rings (SSSR count). The second-order valence-corrected chi connectivity index (χ2v) is 8.11. The Balaban J connectivity index is 1.70. The summed E-state index contributed by atoms with van der Waals surface area (Å²) >= 11 is 0. The number of ether oxygens (including phenoxy) is 2. The molecule has 0 saturated carbocycles. The van der Waals surface area contributed by atoms with Crippen LogP contribution in [0.1, 0.15) is 19.0 Å². The fourth-order valence-electron chi connectivity index (χ4n) is 2.75. The maximum absolute atomic E-state index is 12.5. The summed E-state index contributed by atoms with van der Waals surface area (Å²) in [6.45, 7) is 1.96. The zero-order valence-electron chi connectivity index (χ0n) is 15.7. The average molecular weight is 445 g/mol. The van der Waals surface area contributed by atoms with Crippen LogP contribution in [0.15, 0.2) is 41.4 Å². The molecule has 0 bridgehead atoms. The molecule has 0 spiro atoms. The highest BCUT2D eigenvalue weighted by Crippen LogP contribution is 2.28. The van der Waals surface area contributed by atoms with Crippen LogP contribution in [0.25, 0.3) is 0 Å². The SMILES string of the molecule is CCC(=O)NC1COc2cc(NS(=O)(=O)c3ccc(OC(F)(F)F)cc3)cnc2C1. The average Bonchev–Trinajstić information content (AvgIpc) is 2.67. The summed E-state index contributed by atoms with van der Waals surface area (Å²) in [7, 11) is -4.07. The Morgan fingerprint density at radius 2 is 2.00 bits per heavy atom. The van der Waals surface area contributed by atoms with Gasteiger partial charge in [-0.25, -0.2) is 8.42 Å². The van der Waals surface area contributed by atoms with Gasteiger partial charge in [0.1, 0.15) is 18.1 Å². The van der Waals surface area contributed by atoms with E-state index in [1.165, 1.54) is 12.3 Å². The maximum Gasteiger partial charge on any atom is 0.573 e. The maximum atomic E-state index is 12.5. The van der Waals surface area contributed by atoms with E-state index in [9.17, 15) is 26.4 Å². The number of amides is 1. The molecule has 1 amide bonds. The molecular formula is C18H18F3N3O5S. The van der Waals surface area contributed by atoms with Crippen LogP contribution in [0.4, 0.5) is 18.9 Å². The minimum atomic E-state index is -4.87. The van der Waals surface area contributed by atoms with Gasteiger partial charge in [-0.05, 0) is 24.3 Å². The zero-order chi connectivity index (χ0) is 21.9. The number of rotatable bonds is 6. The lowest BCUT2D eigenvalue weighted by molar-refractivity contribution is -0.274. The van der Waals surface area contributed by atoms with E-state index < -0.39 is 22.1 Å². The molecule has 30 heavy (non-hydrogen) atoms. The Morgan fingerprint density at radius 3 is 2.63 bits per heavy atom. The van der Waals surface area contributed by atoms with Crippen LogP contribution in [-0.2, 0) is 21.2 Å². The Bertz CT molecular complexity index is 1030. The lowest BCUT2D eigenvalue weighted by Crippen LogP contribution is -2.42. The molecule has 1 aromatic carbocycles. The van der Waals surface area contributed by atoms with Gasteiger partial charge in [0, 0.05) is 18.9 Å². The molecule has 1 aliphatic heterocycles. The molecule has 162 valence electrons. The van der Waals surface area contributed by atoms with Crippen molar-refractivity contribution in [3.8, 4) is 11.5 Å². The van der Waals surface area contributed by atoms with Crippen molar-refractivity contribution in [2.45, 2.75) is 37.1 Å². The fraction of sp³-hybridized carbons (Fsp3) is 0.333. The molecule has 8 nitrogen and oxygen atoms in total. The van der Waals surface area contributed by atoms with Crippen molar-refractivity contribution < 1.29 is 35.9 Å². The number of nitrogens with zero attached hydrogens (tertiary/aromatic N) is 1. The number of benzene rings is 1. The number of hydrogen-bond donors (Lipinski definition) is 2. The minimum Gasteiger partial charge on any atom is -0.489 e. The fourth-order valence-corrected chi connectivity index (χ4v) is 3.78. The van der Waals surface area contributed by atoms with Gasteiger partial charge < -0.3 is 14.8 Å². The number of nitrogens with one attached hydrogen (secondary N) is 2. The molecule has 1 aromatic heterocycles. The van der Waals surface area contributed by atoms with Crippen molar-refractivity contribution in [2.75, 3.05) is 11.3 Å². The standard InChI is InChI=1S/C18H18F3N3O5S/c1-2-17(25)23-12-7-15-16(28-10-12)8-11(9-22-15)24-30(26,27)14-5-3-13(4-6-14)29-18(19,20)21/h3-6,8-9,12,24H,2,7,10H2,1H3,(H,23,25). The number of alkyl halides is 3. The first-order valence-electron chi connectivity index (χ1n) is 8.85. The molecule has 0 aliphatic carbocycles. The van der Waals surface area contributed by atoms with E-state index >= 15 is 0 Å². The summed E-state index contributed by atoms with van der Waals surface area (Å²) in [4.78, 5) is 15.4. The van der Waals surface area contributed by atoms with Crippen LogP contribution in [0, 0.1) is 0 Å². The Kier molecular flexibility index (Phi) is 6.06. The number of fused-ring (bicyclic) bond motifs is 1. The molecule has 1 aliphatic rings. The van der Waals surface area contributed by atoms with Gasteiger partial charge in [0.15, 0.2) is 0 Å². The van der Waals surface area contributed by atoms with E-state index in [1.807, 2.05) is 0 Å². The van der Waals surface area contributed by atoms with Gasteiger partial charge >= 0.3 is 6.36 Å². The van der Waals surface area contributed by atoms with Gasteiger partial charge in [-0.1, -0.05) is 6.92 Å². The quantitative estimate of drug-likeness (QED) is 0.708. The first kappa shape index (κ1) is 21.7. The summed E-state index contributed by atoms with van der Waals surface area (Å²) in [5.74, 6) is -0.260. The number of sulfonamides is 1. The van der Waals surface area contributed by atoms with Crippen molar-refractivity contribution in [3.63, 3.8) is 0 Å². The highest BCUT2D eigenvalue weighted by molar-refractivity contribution is 7.92. The third-order valence-corrected chi connectivity index (χ3v) is 5.51. The van der Waals surface area contributed by atoms with Crippen LogP contribution in [0.3, 0.4) is 0 Å². The van der Waals surface area contributed by atoms with Crippen molar-refractivity contribution in [2.24, 2.45) is 0 Å². The normalized spacial score (nSPS) is 16.2. The largest absolute Gasteiger partial charge is 0.573 e. The third kappa shape index (κ3) is 5.53. The van der Waals surface area contributed by atoms with Gasteiger partial charge in [0.2, 0.25) is 5.91 Å². The van der Waals surface area contributed by atoms with Gasteiger partial charge in [-0.3, -0.25) is 14.5 Å². The lowest BCUT2D eigenvalue weighted by Gasteiger charge is -2.25. The molecule has 1 atom stereocenters. The highest BCUT2D eigenvalue weighted by atomic mass is 32.2. The minimum absolute atomic E-state index is 0.108. The number of halogens is 3. The van der Waals surface area contributed by atoms with Crippen molar-refractivity contribution >= 4 is 21.6 Å². The predicted octanol–water partition coefficient (Wildman–Crippen LogP) is 2.61. The van der Waals surface area contributed by atoms with E-state index in [1.54, 1.807) is 6.92 Å². The molecule has 1 unspecified atom stereocenters. The molecule has 0 saturated heterocycles. The second kappa shape index (κ2) is 8.38. The van der Waals surface area contributed by atoms with E-state index in [-0.39, 0.29) is 29.1 Å². The Hall–Kier alpha value is -3.02. The van der Waals surface area contributed by atoms with E-state index in [2.05, 4.69) is 19.8 Å². The molecule has 2 aromatic rings. The second-order valence-electron chi connectivity index (χ2n) is 6.43. The zero-order valence-corrected chi connectivity index (χ0v) is 16.5. The molecule has 12 heteroatoms. The number of carbonyl (C=O) groups is 1. The summed E-state index contributed by atoms with van der Waals surface area (Å²) in [5.41, 5.74) is 0.694. The summed E-state index contributed by atoms with van der Waals surface area (Å²) in [6.07, 6.45) is -2.79.